The first-order chi connectivity index (χ1) is 6.25. The van der Waals surface area contributed by atoms with Crippen LogP contribution in [-0.4, -0.2) is 37.9 Å². The summed E-state index contributed by atoms with van der Waals surface area (Å²) in [7, 11) is 0. The highest BCUT2D eigenvalue weighted by molar-refractivity contribution is 5.81. The summed E-state index contributed by atoms with van der Waals surface area (Å²) in [6, 6.07) is 0. The Labute approximate surface area is 78.6 Å². The van der Waals surface area contributed by atoms with Crippen molar-refractivity contribution in [1.29, 1.82) is 0 Å². The Morgan fingerprint density at radius 3 is 2.85 bits per heavy atom. The van der Waals surface area contributed by atoms with Crippen molar-refractivity contribution in [3.8, 4) is 0 Å². The summed E-state index contributed by atoms with van der Waals surface area (Å²) >= 11 is 0. The van der Waals surface area contributed by atoms with Crippen molar-refractivity contribution in [2.24, 2.45) is 0 Å². The molecule has 0 saturated carbocycles. The molecular weight excluding hydrogens is 170 g/mol. The van der Waals surface area contributed by atoms with Crippen LogP contribution in [-0.2, 0) is 14.3 Å². The number of esters is 1. The van der Waals surface area contributed by atoms with Crippen LogP contribution in [0.1, 0.15) is 20.3 Å². The predicted molar refractivity (Wildman–Crippen MR) is 48.5 cm³/mol. The van der Waals surface area contributed by atoms with E-state index in [0.717, 1.165) is 0 Å². The first-order valence-electron chi connectivity index (χ1n) is 4.75. The molecule has 1 N–H and O–H groups in total. The van der Waals surface area contributed by atoms with Gasteiger partial charge in [-0.25, -0.2) is 4.79 Å². The molecular formula is C9H17NO3. The van der Waals surface area contributed by atoms with Crippen LogP contribution in [0.3, 0.4) is 0 Å². The number of carbonyl (C=O) groups excluding carboxylic acids is 1. The molecule has 13 heavy (non-hydrogen) atoms. The monoisotopic (exact) mass is 187 g/mol. The van der Waals surface area contributed by atoms with Crippen LogP contribution in [0.5, 0.6) is 0 Å². The fourth-order valence-electron chi connectivity index (χ4n) is 1.43. The van der Waals surface area contributed by atoms with Crippen LogP contribution in [0, 0.1) is 0 Å². The number of hydrogen-bond acceptors (Lipinski definition) is 4. The number of carbonyl (C=O) groups is 1. The van der Waals surface area contributed by atoms with E-state index in [4.69, 9.17) is 9.47 Å². The van der Waals surface area contributed by atoms with E-state index in [9.17, 15) is 4.79 Å². The van der Waals surface area contributed by atoms with Crippen molar-refractivity contribution in [3.63, 3.8) is 0 Å². The van der Waals surface area contributed by atoms with Gasteiger partial charge in [0.15, 0.2) is 0 Å². The molecule has 0 aromatic carbocycles. The lowest BCUT2D eigenvalue weighted by atomic mass is 9.96. The molecule has 4 heteroatoms. The van der Waals surface area contributed by atoms with E-state index >= 15 is 0 Å². The Morgan fingerprint density at radius 1 is 1.62 bits per heavy atom. The maximum atomic E-state index is 11.6. The van der Waals surface area contributed by atoms with E-state index < -0.39 is 5.54 Å². The van der Waals surface area contributed by atoms with Crippen molar-refractivity contribution in [2.45, 2.75) is 25.8 Å². The van der Waals surface area contributed by atoms with E-state index in [0.29, 0.717) is 32.8 Å². The van der Waals surface area contributed by atoms with Crippen LogP contribution >= 0.6 is 0 Å². The normalized spacial score (nSPS) is 28.5. The van der Waals surface area contributed by atoms with Crippen LogP contribution < -0.4 is 5.32 Å². The van der Waals surface area contributed by atoms with Gasteiger partial charge >= 0.3 is 5.97 Å². The standard InChI is InChI=1S/C9H17NO3/c1-3-9(8(11)13-4-2)7-12-6-5-10-9/h10H,3-7H2,1-2H3. The summed E-state index contributed by atoms with van der Waals surface area (Å²) in [5.41, 5.74) is -0.603. The number of morpholine rings is 1. The molecule has 0 amide bonds. The number of ether oxygens (including phenoxy) is 2. The minimum absolute atomic E-state index is 0.197. The van der Waals surface area contributed by atoms with Gasteiger partial charge in [-0.1, -0.05) is 6.92 Å². The average Bonchev–Trinajstić information content (AvgIpc) is 2.19. The zero-order valence-electron chi connectivity index (χ0n) is 8.26. The zero-order valence-corrected chi connectivity index (χ0v) is 8.26. The Bertz CT molecular complexity index is 176. The first-order valence-corrected chi connectivity index (χ1v) is 4.75. The van der Waals surface area contributed by atoms with E-state index in [1.54, 1.807) is 0 Å². The third kappa shape index (κ3) is 2.19. The van der Waals surface area contributed by atoms with Crippen molar-refractivity contribution in [1.82, 2.24) is 5.32 Å². The predicted octanol–water partition coefficient (Wildman–Crippen LogP) is 0.318. The SMILES string of the molecule is CCOC(=O)C1(CC)COCCN1. The number of nitrogens with one attached hydrogen (secondary N) is 1. The lowest BCUT2D eigenvalue weighted by molar-refractivity contribution is -0.156. The van der Waals surface area contributed by atoms with Crippen molar-refractivity contribution < 1.29 is 14.3 Å². The molecule has 0 aromatic heterocycles. The van der Waals surface area contributed by atoms with E-state index in [-0.39, 0.29) is 5.97 Å². The van der Waals surface area contributed by atoms with Gasteiger partial charge in [0.25, 0.3) is 0 Å². The molecule has 0 bridgehead atoms. The summed E-state index contributed by atoms with van der Waals surface area (Å²) < 4.78 is 10.3. The average molecular weight is 187 g/mol. The van der Waals surface area contributed by atoms with E-state index in [1.807, 2.05) is 13.8 Å². The quantitative estimate of drug-likeness (QED) is 0.646. The highest BCUT2D eigenvalue weighted by Gasteiger charge is 2.39. The molecule has 1 atom stereocenters. The summed E-state index contributed by atoms with van der Waals surface area (Å²) in [5.74, 6) is -0.197. The minimum Gasteiger partial charge on any atom is -0.465 e. The molecule has 0 radical (unpaired) electrons. The first kappa shape index (κ1) is 10.5. The second-order valence-corrected chi connectivity index (χ2v) is 3.14. The van der Waals surface area contributed by atoms with Gasteiger partial charge in [0.2, 0.25) is 0 Å². The van der Waals surface area contributed by atoms with Crippen molar-refractivity contribution in [2.75, 3.05) is 26.4 Å². The van der Waals surface area contributed by atoms with Gasteiger partial charge in [-0.15, -0.1) is 0 Å². The lowest BCUT2D eigenvalue weighted by Crippen LogP contribution is -2.59. The summed E-state index contributed by atoms with van der Waals surface area (Å²) in [6.07, 6.45) is 0.700. The van der Waals surface area contributed by atoms with E-state index in [1.165, 1.54) is 0 Å². The largest absolute Gasteiger partial charge is 0.465 e. The molecule has 4 nitrogen and oxygen atoms in total. The molecule has 1 rings (SSSR count). The molecule has 0 aliphatic carbocycles. The molecule has 76 valence electrons. The van der Waals surface area contributed by atoms with Gasteiger partial charge in [0.1, 0.15) is 5.54 Å². The molecule has 0 aromatic rings. The number of rotatable bonds is 3. The van der Waals surface area contributed by atoms with Gasteiger partial charge in [-0.05, 0) is 13.3 Å². The Morgan fingerprint density at radius 2 is 2.38 bits per heavy atom. The molecule has 1 aliphatic rings. The fourth-order valence-corrected chi connectivity index (χ4v) is 1.43. The Balaban J connectivity index is 2.61. The van der Waals surface area contributed by atoms with Crippen LogP contribution in [0.2, 0.25) is 0 Å². The molecule has 0 spiro atoms. The third-order valence-corrected chi connectivity index (χ3v) is 2.33. The zero-order chi connectivity index (χ0) is 9.73. The topological polar surface area (TPSA) is 47.6 Å². The summed E-state index contributed by atoms with van der Waals surface area (Å²) in [5, 5.41) is 3.17. The highest BCUT2D eigenvalue weighted by Crippen LogP contribution is 2.15. The molecule has 1 aliphatic heterocycles. The van der Waals surface area contributed by atoms with Crippen LogP contribution in [0.25, 0.3) is 0 Å². The molecule has 1 saturated heterocycles. The lowest BCUT2D eigenvalue weighted by Gasteiger charge is -2.34. The van der Waals surface area contributed by atoms with Crippen LogP contribution in [0.15, 0.2) is 0 Å². The second-order valence-electron chi connectivity index (χ2n) is 3.14. The second kappa shape index (κ2) is 4.58. The van der Waals surface area contributed by atoms with Gasteiger partial charge in [0.05, 0.1) is 19.8 Å². The Kier molecular flexibility index (Phi) is 3.69. The van der Waals surface area contributed by atoms with E-state index in [2.05, 4.69) is 5.32 Å². The van der Waals surface area contributed by atoms with Gasteiger partial charge in [-0.3, -0.25) is 5.32 Å². The smallest absolute Gasteiger partial charge is 0.328 e. The maximum absolute atomic E-state index is 11.6. The molecule has 1 unspecified atom stereocenters. The van der Waals surface area contributed by atoms with Crippen molar-refractivity contribution >= 4 is 5.97 Å². The third-order valence-electron chi connectivity index (χ3n) is 2.33. The van der Waals surface area contributed by atoms with Gasteiger partial charge in [0, 0.05) is 6.54 Å². The summed E-state index contributed by atoms with van der Waals surface area (Å²) in [6.45, 7) is 5.99. The van der Waals surface area contributed by atoms with Crippen molar-refractivity contribution in [3.05, 3.63) is 0 Å². The molecule has 1 fully saturated rings. The van der Waals surface area contributed by atoms with Gasteiger partial charge < -0.3 is 9.47 Å². The van der Waals surface area contributed by atoms with Crippen LogP contribution in [0.4, 0.5) is 0 Å². The molecule has 1 heterocycles. The summed E-state index contributed by atoms with van der Waals surface area (Å²) in [4.78, 5) is 11.6. The Hall–Kier alpha value is -0.610. The minimum atomic E-state index is -0.603. The highest BCUT2D eigenvalue weighted by atomic mass is 16.5. The maximum Gasteiger partial charge on any atom is 0.328 e. The fraction of sp³-hybridized carbons (Fsp3) is 0.889. The number of hydrogen-bond donors (Lipinski definition) is 1. The van der Waals surface area contributed by atoms with Gasteiger partial charge in [-0.2, -0.15) is 0 Å².